The maximum Gasteiger partial charge on any atom is 0.290 e. The Balaban J connectivity index is 3.43. The van der Waals surface area contributed by atoms with Crippen molar-refractivity contribution in [1.29, 1.82) is 0 Å². The van der Waals surface area contributed by atoms with Crippen molar-refractivity contribution in [2.45, 2.75) is 5.88 Å². The molecule has 0 aliphatic rings. The second-order valence-corrected chi connectivity index (χ2v) is 3.37. The van der Waals surface area contributed by atoms with Crippen LogP contribution < -0.4 is 0 Å². The molecule has 6 heteroatoms. The summed E-state index contributed by atoms with van der Waals surface area (Å²) in [4.78, 5) is 9.84. The number of nitro benzene ring substituents is 1. The number of hydrogen-bond acceptors (Lipinski definition) is 2. The highest BCUT2D eigenvalue weighted by Gasteiger charge is 2.21. The molecule has 0 radical (unpaired) electrons. The Morgan fingerprint density at radius 2 is 2.23 bits per heavy atom. The van der Waals surface area contributed by atoms with Crippen LogP contribution in [0.2, 0.25) is 0 Å². The Labute approximate surface area is 86.8 Å². The largest absolute Gasteiger partial charge is 0.290 e. The Morgan fingerprint density at radius 3 is 2.62 bits per heavy atom. The lowest BCUT2D eigenvalue weighted by Gasteiger charge is -2.01. The van der Waals surface area contributed by atoms with Crippen molar-refractivity contribution in [2.24, 2.45) is 0 Å². The highest BCUT2D eigenvalue weighted by molar-refractivity contribution is 9.10. The average molecular weight is 268 g/mol. The zero-order valence-electron chi connectivity index (χ0n) is 6.26. The van der Waals surface area contributed by atoms with E-state index in [4.69, 9.17) is 11.6 Å². The van der Waals surface area contributed by atoms with Crippen molar-refractivity contribution >= 4 is 33.2 Å². The molecule has 70 valence electrons. The molecule has 0 atom stereocenters. The minimum atomic E-state index is -0.662. The fourth-order valence-electron chi connectivity index (χ4n) is 0.908. The maximum atomic E-state index is 13.0. The van der Waals surface area contributed by atoms with E-state index in [2.05, 4.69) is 15.9 Å². The number of alkyl halides is 1. The summed E-state index contributed by atoms with van der Waals surface area (Å²) in [6.45, 7) is 0. The summed E-state index contributed by atoms with van der Waals surface area (Å²) >= 11 is 8.34. The number of hydrogen-bond donors (Lipinski definition) is 0. The van der Waals surface area contributed by atoms with Crippen molar-refractivity contribution in [3.8, 4) is 0 Å². The fraction of sp³-hybridized carbons (Fsp3) is 0.143. The predicted octanol–water partition coefficient (Wildman–Crippen LogP) is 3.24. The summed E-state index contributed by atoms with van der Waals surface area (Å²) in [5, 5.41) is 10.5. The van der Waals surface area contributed by atoms with Crippen molar-refractivity contribution in [3.05, 3.63) is 38.1 Å². The van der Waals surface area contributed by atoms with Gasteiger partial charge in [-0.1, -0.05) is 0 Å². The molecule has 0 saturated heterocycles. The van der Waals surface area contributed by atoms with E-state index < -0.39 is 10.7 Å². The van der Waals surface area contributed by atoms with Crippen LogP contribution in [0.3, 0.4) is 0 Å². The summed E-state index contributed by atoms with van der Waals surface area (Å²) in [6.07, 6.45) is 0. The lowest BCUT2D eigenvalue weighted by Crippen LogP contribution is -1.97. The molecule has 0 heterocycles. The monoisotopic (exact) mass is 267 g/mol. The van der Waals surface area contributed by atoms with Crippen LogP contribution in [0.15, 0.2) is 16.6 Å². The predicted molar refractivity (Wildman–Crippen MR) is 50.3 cm³/mol. The van der Waals surface area contributed by atoms with Crippen LogP contribution in [-0.4, -0.2) is 4.92 Å². The molecule has 1 rings (SSSR count). The Hall–Kier alpha value is -0.680. The number of halogens is 3. The van der Waals surface area contributed by atoms with Gasteiger partial charge in [0.15, 0.2) is 0 Å². The van der Waals surface area contributed by atoms with E-state index in [0.29, 0.717) is 0 Å². The number of benzene rings is 1. The molecule has 0 aromatic heterocycles. The normalized spacial score (nSPS) is 10.1. The maximum absolute atomic E-state index is 13.0. The van der Waals surface area contributed by atoms with Gasteiger partial charge in [-0.25, -0.2) is 4.39 Å². The minimum Gasteiger partial charge on any atom is -0.258 e. The van der Waals surface area contributed by atoms with Gasteiger partial charge in [-0.05, 0) is 28.1 Å². The SMILES string of the molecule is O=[N+]([O-])c1c(Br)ccc(F)c1CCl. The van der Waals surface area contributed by atoms with Gasteiger partial charge < -0.3 is 0 Å². The third kappa shape index (κ3) is 1.97. The second kappa shape index (κ2) is 4.02. The van der Waals surface area contributed by atoms with Crippen LogP contribution in [0.1, 0.15) is 5.56 Å². The molecule has 0 amide bonds. The van der Waals surface area contributed by atoms with Crippen LogP contribution in [0.5, 0.6) is 0 Å². The van der Waals surface area contributed by atoms with Crippen LogP contribution in [0.4, 0.5) is 10.1 Å². The number of nitrogens with zero attached hydrogens (tertiary/aromatic N) is 1. The van der Waals surface area contributed by atoms with Crippen LogP contribution >= 0.6 is 27.5 Å². The molecule has 0 saturated carbocycles. The van der Waals surface area contributed by atoms with Gasteiger partial charge in [-0.2, -0.15) is 0 Å². The first-order valence-electron chi connectivity index (χ1n) is 3.25. The van der Waals surface area contributed by atoms with Gasteiger partial charge in [0.05, 0.1) is 20.8 Å². The van der Waals surface area contributed by atoms with Crippen LogP contribution in [0, 0.1) is 15.9 Å². The van der Waals surface area contributed by atoms with Crippen molar-refractivity contribution in [3.63, 3.8) is 0 Å². The van der Waals surface area contributed by atoms with Gasteiger partial charge in [-0.15, -0.1) is 11.6 Å². The first-order chi connectivity index (χ1) is 6.07. The van der Waals surface area contributed by atoms with E-state index in [1.807, 2.05) is 0 Å². The second-order valence-electron chi connectivity index (χ2n) is 2.25. The highest BCUT2D eigenvalue weighted by atomic mass is 79.9. The van der Waals surface area contributed by atoms with E-state index in [1.54, 1.807) is 0 Å². The van der Waals surface area contributed by atoms with E-state index in [0.717, 1.165) is 6.07 Å². The molecule has 0 bridgehead atoms. The minimum absolute atomic E-state index is 0.0963. The molecule has 0 aliphatic carbocycles. The van der Waals surface area contributed by atoms with E-state index in [9.17, 15) is 14.5 Å². The van der Waals surface area contributed by atoms with Crippen molar-refractivity contribution in [1.82, 2.24) is 0 Å². The van der Waals surface area contributed by atoms with Gasteiger partial charge >= 0.3 is 0 Å². The molecule has 3 nitrogen and oxygen atoms in total. The summed E-state index contributed by atoms with van der Waals surface area (Å²) in [5.41, 5.74) is -0.406. The first-order valence-corrected chi connectivity index (χ1v) is 4.58. The topological polar surface area (TPSA) is 43.1 Å². The summed E-state index contributed by atoms with van der Waals surface area (Å²) in [6, 6.07) is 2.41. The van der Waals surface area contributed by atoms with Gasteiger partial charge in [-0.3, -0.25) is 10.1 Å². The molecule has 0 unspecified atom stereocenters. The molecular weight excluding hydrogens is 264 g/mol. The molecular formula is C7H4BrClFNO2. The Bertz CT molecular complexity index is 359. The molecule has 1 aromatic carbocycles. The van der Waals surface area contributed by atoms with Gasteiger partial charge in [0, 0.05) is 0 Å². The first kappa shape index (κ1) is 10.4. The Morgan fingerprint density at radius 1 is 1.62 bits per heavy atom. The molecule has 0 N–H and O–H groups in total. The lowest BCUT2D eigenvalue weighted by molar-refractivity contribution is -0.386. The van der Waals surface area contributed by atoms with Crippen molar-refractivity contribution < 1.29 is 9.31 Å². The van der Waals surface area contributed by atoms with Gasteiger partial charge in [0.1, 0.15) is 5.82 Å². The van der Waals surface area contributed by atoms with Crippen molar-refractivity contribution in [2.75, 3.05) is 0 Å². The molecule has 0 aliphatic heterocycles. The molecule has 1 aromatic rings. The number of nitro groups is 1. The third-order valence-corrected chi connectivity index (χ3v) is 2.40. The summed E-state index contributed by atoms with van der Waals surface area (Å²) in [7, 11) is 0. The fourth-order valence-corrected chi connectivity index (χ4v) is 1.68. The van der Waals surface area contributed by atoms with E-state index in [-0.39, 0.29) is 21.6 Å². The Kier molecular flexibility index (Phi) is 3.22. The summed E-state index contributed by atoms with van der Waals surface area (Å²) < 4.78 is 13.2. The smallest absolute Gasteiger partial charge is 0.258 e. The number of rotatable bonds is 2. The van der Waals surface area contributed by atoms with Gasteiger partial charge in [0.25, 0.3) is 5.69 Å². The summed E-state index contributed by atoms with van der Waals surface area (Å²) in [5.74, 6) is -0.883. The van der Waals surface area contributed by atoms with E-state index in [1.165, 1.54) is 6.07 Å². The van der Waals surface area contributed by atoms with Crippen LogP contribution in [0.25, 0.3) is 0 Å². The zero-order chi connectivity index (χ0) is 10.0. The average Bonchev–Trinajstić information content (AvgIpc) is 2.07. The third-order valence-electron chi connectivity index (χ3n) is 1.49. The molecule has 13 heavy (non-hydrogen) atoms. The van der Waals surface area contributed by atoms with Crippen LogP contribution in [-0.2, 0) is 5.88 Å². The molecule has 0 fully saturated rings. The zero-order valence-corrected chi connectivity index (χ0v) is 8.60. The highest BCUT2D eigenvalue weighted by Crippen LogP contribution is 2.31. The molecule has 0 spiro atoms. The quantitative estimate of drug-likeness (QED) is 0.469. The van der Waals surface area contributed by atoms with E-state index >= 15 is 0 Å². The standard InChI is InChI=1S/C7H4BrClFNO2/c8-5-1-2-6(10)4(3-9)7(5)11(12)13/h1-2H,3H2. The lowest BCUT2D eigenvalue weighted by atomic mass is 10.2. The van der Waals surface area contributed by atoms with Gasteiger partial charge in [0.2, 0.25) is 0 Å².